The molecule has 1 aromatic carbocycles. The summed E-state index contributed by atoms with van der Waals surface area (Å²) in [6, 6.07) is 6.45. The largest absolute Gasteiger partial charge is 0.573 e. The number of ether oxygens (including phenoxy) is 2. The van der Waals surface area contributed by atoms with Gasteiger partial charge in [0.15, 0.2) is 0 Å². The molecule has 2 fully saturated rings. The third-order valence-electron chi connectivity index (χ3n) is 6.61. The molecule has 0 amide bonds. The summed E-state index contributed by atoms with van der Waals surface area (Å²) in [5, 5.41) is 0. The Bertz CT molecular complexity index is 677. The second kappa shape index (κ2) is 11.0. The van der Waals surface area contributed by atoms with E-state index in [1.54, 1.807) is 12.1 Å². The Hall–Kier alpha value is -1.75. The molecule has 0 N–H and O–H groups in total. The standard InChI is InChI=1S/C25H33F3O2/c1-2-3-4-5-18-29-23-14-10-21(11-15-23)19-6-8-20(9-7-19)22-12-16-24(17-13-22)30-25(26,27)28/h2-5,12-13,16-17,19-21,23H,6-11,14-15,18H2,1H3/b3-2+,5-4+. The molecule has 30 heavy (non-hydrogen) atoms. The zero-order valence-electron chi connectivity index (χ0n) is 17.7. The fourth-order valence-corrected chi connectivity index (χ4v) is 5.03. The molecule has 0 saturated heterocycles. The van der Waals surface area contributed by atoms with Crippen LogP contribution in [0.1, 0.15) is 69.8 Å². The smallest absolute Gasteiger partial charge is 0.406 e. The van der Waals surface area contributed by atoms with E-state index >= 15 is 0 Å². The average Bonchev–Trinajstić information content (AvgIpc) is 2.74. The Balaban J connectivity index is 1.39. The SMILES string of the molecule is C/C=C/C=C/COC1CCC(C2CCC(c3ccc(OC(F)(F)F)cc3)CC2)CC1. The minimum absolute atomic E-state index is 0.142. The molecule has 1 aromatic rings. The zero-order valence-corrected chi connectivity index (χ0v) is 17.7. The van der Waals surface area contributed by atoms with Crippen LogP contribution >= 0.6 is 0 Å². The number of alkyl halides is 3. The van der Waals surface area contributed by atoms with Crippen molar-refractivity contribution in [3.05, 3.63) is 54.1 Å². The summed E-state index contributed by atoms with van der Waals surface area (Å²) in [6.07, 6.45) is 13.4. The first-order valence-electron chi connectivity index (χ1n) is 11.2. The molecule has 5 heteroatoms. The van der Waals surface area contributed by atoms with Crippen molar-refractivity contribution in [3.63, 3.8) is 0 Å². The van der Waals surface area contributed by atoms with Gasteiger partial charge in [-0.25, -0.2) is 0 Å². The van der Waals surface area contributed by atoms with E-state index in [1.807, 2.05) is 25.2 Å². The maximum atomic E-state index is 12.3. The van der Waals surface area contributed by atoms with E-state index in [0.29, 0.717) is 18.6 Å². The van der Waals surface area contributed by atoms with Crippen molar-refractivity contribution < 1.29 is 22.6 Å². The molecule has 166 valence electrons. The fourth-order valence-electron chi connectivity index (χ4n) is 5.03. The highest BCUT2D eigenvalue weighted by Crippen LogP contribution is 2.43. The lowest BCUT2D eigenvalue weighted by molar-refractivity contribution is -0.274. The van der Waals surface area contributed by atoms with Crippen LogP contribution in [0.3, 0.4) is 0 Å². The molecule has 0 unspecified atom stereocenters. The quantitative estimate of drug-likeness (QED) is 0.422. The van der Waals surface area contributed by atoms with Gasteiger partial charge in [-0.15, -0.1) is 13.2 Å². The van der Waals surface area contributed by atoms with Gasteiger partial charge in [-0.2, -0.15) is 0 Å². The van der Waals surface area contributed by atoms with Gasteiger partial charge in [0.2, 0.25) is 0 Å². The van der Waals surface area contributed by atoms with Crippen molar-refractivity contribution in [1.82, 2.24) is 0 Å². The summed E-state index contributed by atoms with van der Waals surface area (Å²) in [6.45, 7) is 2.70. The van der Waals surface area contributed by atoms with E-state index in [0.717, 1.165) is 43.1 Å². The summed E-state index contributed by atoms with van der Waals surface area (Å²) >= 11 is 0. The summed E-state index contributed by atoms with van der Waals surface area (Å²) in [5.41, 5.74) is 1.13. The number of allylic oxidation sites excluding steroid dienone is 3. The molecule has 0 aliphatic heterocycles. The third-order valence-corrected chi connectivity index (χ3v) is 6.61. The lowest BCUT2D eigenvalue weighted by Crippen LogP contribution is -2.28. The third kappa shape index (κ3) is 7.19. The monoisotopic (exact) mass is 422 g/mol. The normalized spacial score (nSPS) is 28.3. The molecule has 2 nitrogen and oxygen atoms in total. The van der Waals surface area contributed by atoms with Crippen molar-refractivity contribution in [2.24, 2.45) is 11.8 Å². The van der Waals surface area contributed by atoms with E-state index in [1.165, 1.54) is 37.8 Å². The molecular formula is C25H33F3O2. The maximum absolute atomic E-state index is 12.3. The number of hydrogen-bond donors (Lipinski definition) is 0. The number of hydrogen-bond acceptors (Lipinski definition) is 2. The van der Waals surface area contributed by atoms with Crippen LogP contribution in [-0.2, 0) is 4.74 Å². The highest BCUT2D eigenvalue weighted by Gasteiger charge is 2.32. The first-order valence-corrected chi connectivity index (χ1v) is 11.2. The highest BCUT2D eigenvalue weighted by atomic mass is 19.4. The van der Waals surface area contributed by atoms with Crippen LogP contribution in [0.4, 0.5) is 13.2 Å². The van der Waals surface area contributed by atoms with Gasteiger partial charge in [0.05, 0.1) is 12.7 Å². The van der Waals surface area contributed by atoms with Crippen molar-refractivity contribution in [2.45, 2.75) is 76.7 Å². The first-order chi connectivity index (χ1) is 14.4. The molecule has 0 aromatic heterocycles. The number of benzene rings is 1. The van der Waals surface area contributed by atoms with Gasteiger partial charge in [-0.1, -0.05) is 36.4 Å². The summed E-state index contributed by atoms with van der Waals surface area (Å²) in [4.78, 5) is 0. The van der Waals surface area contributed by atoms with Gasteiger partial charge in [0.1, 0.15) is 5.75 Å². The molecule has 0 radical (unpaired) electrons. The van der Waals surface area contributed by atoms with Crippen molar-refractivity contribution in [1.29, 1.82) is 0 Å². The summed E-state index contributed by atoms with van der Waals surface area (Å²) in [7, 11) is 0. The van der Waals surface area contributed by atoms with Gasteiger partial charge in [-0.3, -0.25) is 0 Å². The van der Waals surface area contributed by atoms with Crippen LogP contribution in [0.25, 0.3) is 0 Å². The van der Waals surface area contributed by atoms with E-state index < -0.39 is 6.36 Å². The van der Waals surface area contributed by atoms with Gasteiger partial charge >= 0.3 is 6.36 Å². The van der Waals surface area contributed by atoms with E-state index in [-0.39, 0.29) is 5.75 Å². The van der Waals surface area contributed by atoms with Crippen molar-refractivity contribution >= 4 is 0 Å². The van der Waals surface area contributed by atoms with Crippen LogP contribution in [0.15, 0.2) is 48.6 Å². The predicted octanol–water partition coefficient (Wildman–Crippen LogP) is 7.57. The van der Waals surface area contributed by atoms with Crippen LogP contribution in [0, 0.1) is 11.8 Å². The molecule has 0 atom stereocenters. The van der Waals surface area contributed by atoms with E-state index in [4.69, 9.17) is 4.74 Å². The predicted molar refractivity (Wildman–Crippen MR) is 113 cm³/mol. The van der Waals surface area contributed by atoms with Crippen LogP contribution in [0.5, 0.6) is 5.75 Å². The second-order valence-corrected chi connectivity index (χ2v) is 8.55. The summed E-state index contributed by atoms with van der Waals surface area (Å²) < 4.78 is 46.9. The molecule has 0 bridgehead atoms. The lowest BCUT2D eigenvalue weighted by atomic mass is 9.69. The van der Waals surface area contributed by atoms with Crippen LogP contribution in [0.2, 0.25) is 0 Å². The lowest BCUT2D eigenvalue weighted by Gasteiger charge is -2.38. The fraction of sp³-hybridized carbons (Fsp3) is 0.600. The second-order valence-electron chi connectivity index (χ2n) is 8.55. The minimum atomic E-state index is -4.63. The van der Waals surface area contributed by atoms with Gasteiger partial charge in [0, 0.05) is 0 Å². The average molecular weight is 423 g/mol. The Kier molecular flexibility index (Phi) is 8.43. The van der Waals surface area contributed by atoms with Gasteiger partial charge in [-0.05, 0) is 93.7 Å². The Morgan fingerprint density at radius 3 is 2.03 bits per heavy atom. The Morgan fingerprint density at radius 1 is 0.867 bits per heavy atom. The minimum Gasteiger partial charge on any atom is -0.406 e. The maximum Gasteiger partial charge on any atom is 0.573 e. The van der Waals surface area contributed by atoms with Crippen molar-refractivity contribution in [3.8, 4) is 5.75 Å². The zero-order chi connectivity index (χ0) is 21.4. The molecular weight excluding hydrogens is 389 g/mol. The molecule has 3 rings (SSSR count). The number of rotatable bonds is 7. The van der Waals surface area contributed by atoms with Crippen LogP contribution < -0.4 is 4.74 Å². The topological polar surface area (TPSA) is 18.5 Å². The highest BCUT2D eigenvalue weighted by molar-refractivity contribution is 5.29. The molecule has 2 aliphatic rings. The Morgan fingerprint density at radius 2 is 1.47 bits per heavy atom. The molecule has 0 spiro atoms. The Labute approximate surface area is 178 Å². The number of halogens is 3. The molecule has 0 heterocycles. The van der Waals surface area contributed by atoms with Gasteiger partial charge in [0.25, 0.3) is 0 Å². The summed E-state index contributed by atoms with van der Waals surface area (Å²) in [5.74, 6) is 1.89. The van der Waals surface area contributed by atoms with E-state index in [2.05, 4.69) is 10.8 Å². The van der Waals surface area contributed by atoms with E-state index in [9.17, 15) is 13.2 Å². The van der Waals surface area contributed by atoms with Gasteiger partial charge < -0.3 is 9.47 Å². The molecule has 2 saturated carbocycles. The van der Waals surface area contributed by atoms with Crippen LogP contribution in [-0.4, -0.2) is 19.1 Å². The van der Waals surface area contributed by atoms with Crippen molar-refractivity contribution in [2.75, 3.05) is 6.61 Å². The first kappa shape index (κ1) is 22.9. The molecule has 2 aliphatic carbocycles.